The van der Waals surface area contributed by atoms with Crippen LogP contribution < -0.4 is 16.7 Å². The number of phenolic OH excluding ortho intramolecular Hbond substituents is 1. The van der Waals surface area contributed by atoms with Gasteiger partial charge in [0.2, 0.25) is 5.95 Å². The van der Waals surface area contributed by atoms with Gasteiger partial charge in [-0.05, 0) is 17.7 Å². The number of fused-ring (bicyclic) bond motifs is 1. The zero-order valence-electron chi connectivity index (χ0n) is 13.3. The van der Waals surface area contributed by atoms with Crippen LogP contribution in [0.3, 0.4) is 0 Å². The molecule has 0 saturated carbocycles. The number of aliphatic hydroxyl groups is 1. The van der Waals surface area contributed by atoms with Crippen LogP contribution in [-0.4, -0.2) is 42.1 Å². The summed E-state index contributed by atoms with van der Waals surface area (Å²) in [6.45, 7) is -0.125. The number of aromatic amines is 1. The molecule has 10 nitrogen and oxygen atoms in total. The van der Waals surface area contributed by atoms with Crippen molar-refractivity contribution < 1.29 is 10.2 Å². The highest BCUT2D eigenvalue weighted by molar-refractivity contribution is 5.81. The molecule has 0 saturated heterocycles. The molecule has 10 heteroatoms. The maximum Gasteiger partial charge on any atom is 0.329 e. The van der Waals surface area contributed by atoms with Gasteiger partial charge >= 0.3 is 5.69 Å². The molecule has 3 rings (SSSR count). The summed E-state index contributed by atoms with van der Waals surface area (Å²) in [4.78, 5) is 30.2. The molecule has 25 heavy (non-hydrogen) atoms. The molecule has 0 aliphatic rings. The van der Waals surface area contributed by atoms with Crippen LogP contribution in [0.15, 0.2) is 39.0 Å². The molecule has 0 atom stereocenters. The fourth-order valence-corrected chi connectivity index (χ4v) is 2.41. The highest BCUT2D eigenvalue weighted by atomic mass is 16.3. The Morgan fingerprint density at radius 1 is 1.40 bits per heavy atom. The molecule has 1 aromatic carbocycles. The second-order valence-corrected chi connectivity index (χ2v) is 5.27. The Bertz CT molecular complexity index is 1060. The lowest BCUT2D eigenvalue weighted by molar-refractivity contribution is 0.278. The Labute approximate surface area is 140 Å². The lowest BCUT2D eigenvalue weighted by Crippen LogP contribution is -2.29. The maximum absolute atomic E-state index is 12.1. The van der Waals surface area contributed by atoms with Crippen molar-refractivity contribution in [2.45, 2.75) is 6.54 Å². The average molecular weight is 344 g/mol. The molecule has 130 valence electrons. The summed E-state index contributed by atoms with van der Waals surface area (Å²) in [6, 6.07) is 6.48. The van der Waals surface area contributed by atoms with Crippen LogP contribution in [0.2, 0.25) is 0 Å². The van der Waals surface area contributed by atoms with Crippen molar-refractivity contribution in [3.05, 3.63) is 50.7 Å². The number of anilines is 1. The number of hydrogen-bond donors (Lipinski definition) is 4. The monoisotopic (exact) mass is 344 g/mol. The van der Waals surface area contributed by atoms with Gasteiger partial charge in [-0.3, -0.25) is 14.3 Å². The van der Waals surface area contributed by atoms with Gasteiger partial charge in [0.1, 0.15) is 5.75 Å². The van der Waals surface area contributed by atoms with E-state index in [1.165, 1.54) is 34.5 Å². The molecule has 0 aliphatic heterocycles. The molecule has 2 aromatic heterocycles. The van der Waals surface area contributed by atoms with E-state index in [0.29, 0.717) is 5.56 Å². The number of nitrogens with one attached hydrogen (secondary N) is 2. The number of aromatic hydroxyl groups is 1. The highest BCUT2D eigenvalue weighted by Crippen LogP contribution is 2.15. The highest BCUT2D eigenvalue weighted by Gasteiger charge is 2.16. The molecule has 4 N–H and O–H groups in total. The van der Waals surface area contributed by atoms with Crippen molar-refractivity contribution in [3.8, 4) is 5.75 Å². The van der Waals surface area contributed by atoms with Crippen LogP contribution in [0.1, 0.15) is 5.56 Å². The summed E-state index contributed by atoms with van der Waals surface area (Å²) in [6.07, 6.45) is 1.46. The average Bonchev–Trinajstić information content (AvgIpc) is 2.93. The number of aliphatic hydroxyl groups excluding tert-OH is 1. The lowest BCUT2D eigenvalue weighted by atomic mass is 10.2. The summed E-state index contributed by atoms with van der Waals surface area (Å²) in [5.41, 5.74) is 2.51. The maximum atomic E-state index is 12.1. The Balaban J connectivity index is 2.02. The summed E-state index contributed by atoms with van der Waals surface area (Å²) < 4.78 is 2.64. The van der Waals surface area contributed by atoms with E-state index in [4.69, 9.17) is 0 Å². The topological polar surface area (TPSA) is 138 Å². The first-order valence-corrected chi connectivity index (χ1v) is 7.40. The van der Waals surface area contributed by atoms with Crippen LogP contribution in [0.25, 0.3) is 11.2 Å². The number of hydrazone groups is 1. The summed E-state index contributed by atoms with van der Waals surface area (Å²) in [5, 5.41) is 22.7. The third-order valence-corrected chi connectivity index (χ3v) is 3.58. The number of aromatic nitrogens is 4. The van der Waals surface area contributed by atoms with Crippen molar-refractivity contribution in [2.24, 2.45) is 12.1 Å². The van der Waals surface area contributed by atoms with E-state index in [2.05, 4.69) is 20.5 Å². The van der Waals surface area contributed by atoms with E-state index < -0.39 is 11.2 Å². The summed E-state index contributed by atoms with van der Waals surface area (Å²) in [7, 11) is 1.48. The number of aryl methyl sites for hydroxylation is 1. The smallest absolute Gasteiger partial charge is 0.329 e. The molecule has 0 amide bonds. The zero-order chi connectivity index (χ0) is 18.0. The van der Waals surface area contributed by atoms with E-state index in [9.17, 15) is 19.8 Å². The quantitative estimate of drug-likeness (QED) is 0.366. The van der Waals surface area contributed by atoms with E-state index in [-0.39, 0.29) is 36.0 Å². The fourth-order valence-electron chi connectivity index (χ4n) is 2.41. The Hall–Kier alpha value is -3.40. The van der Waals surface area contributed by atoms with Crippen molar-refractivity contribution in [2.75, 3.05) is 12.0 Å². The van der Waals surface area contributed by atoms with Crippen LogP contribution >= 0.6 is 0 Å². The minimum atomic E-state index is -0.593. The van der Waals surface area contributed by atoms with Crippen molar-refractivity contribution in [3.63, 3.8) is 0 Å². The van der Waals surface area contributed by atoms with Crippen molar-refractivity contribution in [1.82, 2.24) is 19.1 Å². The van der Waals surface area contributed by atoms with Gasteiger partial charge in [0.25, 0.3) is 5.56 Å². The van der Waals surface area contributed by atoms with Gasteiger partial charge in [0, 0.05) is 13.6 Å². The number of imidazole rings is 1. The van der Waals surface area contributed by atoms with Gasteiger partial charge < -0.3 is 14.8 Å². The normalized spacial score (nSPS) is 11.4. The summed E-state index contributed by atoms with van der Waals surface area (Å²) in [5.74, 6) is 0.310. The number of H-pyrrole nitrogens is 1. The molecule has 0 bridgehead atoms. The molecular formula is C15H16N6O4. The predicted octanol–water partition coefficient (Wildman–Crippen LogP) is -0.433. The van der Waals surface area contributed by atoms with E-state index >= 15 is 0 Å². The van der Waals surface area contributed by atoms with Gasteiger partial charge in [-0.15, -0.1) is 0 Å². The lowest BCUT2D eigenvalue weighted by Gasteiger charge is -2.05. The first-order chi connectivity index (χ1) is 12.0. The molecule has 0 fully saturated rings. The fraction of sp³-hybridized carbons (Fsp3) is 0.200. The number of benzene rings is 1. The van der Waals surface area contributed by atoms with Crippen molar-refractivity contribution >= 4 is 23.3 Å². The zero-order valence-corrected chi connectivity index (χ0v) is 13.3. The summed E-state index contributed by atoms with van der Waals surface area (Å²) >= 11 is 0. The first-order valence-electron chi connectivity index (χ1n) is 7.40. The third kappa shape index (κ3) is 3.15. The van der Waals surface area contributed by atoms with Gasteiger partial charge in [-0.2, -0.15) is 10.1 Å². The number of nitrogens with zero attached hydrogens (tertiary/aromatic N) is 4. The first kappa shape index (κ1) is 16.5. The number of rotatable bonds is 5. The van der Waals surface area contributed by atoms with Gasteiger partial charge in [0.15, 0.2) is 11.2 Å². The minimum absolute atomic E-state index is 0.0990. The standard InChI is InChI=1S/C15H16N6O4/c1-20-12-11(13(24)18-15(20)25)21(5-6-22)14(17-12)19-16-8-9-3-2-4-10(23)7-9/h2-4,7-8,22-23H,5-6H2,1H3,(H,17,19)(H,18,24,25)/b16-8+. The predicted molar refractivity (Wildman–Crippen MR) is 92.0 cm³/mol. The molecule has 3 aromatic rings. The van der Waals surface area contributed by atoms with Crippen LogP contribution in [0.4, 0.5) is 5.95 Å². The second-order valence-electron chi connectivity index (χ2n) is 5.27. The second kappa shape index (κ2) is 6.61. The Morgan fingerprint density at radius 2 is 2.20 bits per heavy atom. The van der Waals surface area contributed by atoms with Crippen LogP contribution in [0.5, 0.6) is 5.75 Å². The van der Waals surface area contributed by atoms with Crippen LogP contribution in [-0.2, 0) is 13.6 Å². The Kier molecular flexibility index (Phi) is 4.35. The largest absolute Gasteiger partial charge is 0.508 e. The number of phenols is 1. The minimum Gasteiger partial charge on any atom is -0.508 e. The van der Waals surface area contributed by atoms with Crippen molar-refractivity contribution in [1.29, 1.82) is 0 Å². The van der Waals surface area contributed by atoms with E-state index in [1.54, 1.807) is 12.1 Å². The van der Waals surface area contributed by atoms with E-state index in [1.807, 2.05) is 0 Å². The third-order valence-electron chi connectivity index (χ3n) is 3.58. The molecular weight excluding hydrogens is 328 g/mol. The molecule has 2 heterocycles. The van der Waals surface area contributed by atoms with Gasteiger partial charge in [-0.1, -0.05) is 12.1 Å². The Morgan fingerprint density at radius 3 is 2.92 bits per heavy atom. The molecule has 0 aliphatic carbocycles. The van der Waals surface area contributed by atoms with E-state index in [0.717, 1.165) is 0 Å². The SMILES string of the molecule is Cn1c(=O)[nH]c(=O)c2c1nc(N/N=C/c1cccc(O)c1)n2CCO. The number of hydrogen-bond acceptors (Lipinski definition) is 7. The molecule has 0 spiro atoms. The molecule has 0 unspecified atom stereocenters. The van der Waals surface area contributed by atoms with Gasteiger partial charge in [-0.25, -0.2) is 10.2 Å². The van der Waals surface area contributed by atoms with Crippen LogP contribution in [0, 0.1) is 0 Å². The van der Waals surface area contributed by atoms with Gasteiger partial charge in [0.05, 0.1) is 12.8 Å². The molecule has 0 radical (unpaired) electrons.